The van der Waals surface area contributed by atoms with Crippen molar-refractivity contribution in [2.24, 2.45) is 0 Å². The van der Waals surface area contributed by atoms with Gasteiger partial charge in [0.2, 0.25) is 10.0 Å². The van der Waals surface area contributed by atoms with Crippen LogP contribution in [0.2, 0.25) is 5.02 Å². The van der Waals surface area contributed by atoms with E-state index in [1.54, 1.807) is 30.5 Å². The highest BCUT2D eigenvalue weighted by Gasteiger charge is 2.25. The van der Waals surface area contributed by atoms with Gasteiger partial charge in [-0.25, -0.2) is 13.1 Å². The van der Waals surface area contributed by atoms with Crippen LogP contribution in [-0.2, 0) is 14.8 Å². The lowest BCUT2D eigenvalue weighted by Crippen LogP contribution is -2.38. The second kappa shape index (κ2) is 8.16. The molecule has 6 nitrogen and oxygen atoms in total. The molecule has 3 rings (SSSR count). The van der Waals surface area contributed by atoms with Gasteiger partial charge in [-0.1, -0.05) is 23.7 Å². The normalized spacial score (nSPS) is 17.7. The molecule has 1 N–H and O–H groups in total. The standard InChI is InChI=1S/C18H19ClN2O4S/c19-16-8-7-13(17-6-1-3-9-20-17)11-15(16)18(22)21-26(23,24)12-14-5-2-4-10-25-14/h1,3,6-9,11,14H,2,4-5,10,12H2,(H,21,22)/t14-/m1/s1. The van der Waals surface area contributed by atoms with Crippen molar-refractivity contribution < 1.29 is 17.9 Å². The number of sulfonamides is 1. The summed E-state index contributed by atoms with van der Waals surface area (Å²) < 4.78 is 32.1. The maximum atomic E-state index is 12.5. The van der Waals surface area contributed by atoms with Crippen molar-refractivity contribution in [3.8, 4) is 11.3 Å². The zero-order valence-corrected chi connectivity index (χ0v) is 15.6. The summed E-state index contributed by atoms with van der Waals surface area (Å²) in [6, 6.07) is 10.2. The molecular weight excluding hydrogens is 376 g/mol. The van der Waals surface area contributed by atoms with Crippen LogP contribution >= 0.6 is 11.6 Å². The smallest absolute Gasteiger partial charge is 0.266 e. The van der Waals surface area contributed by atoms with E-state index in [9.17, 15) is 13.2 Å². The Bertz CT molecular complexity index is 881. The molecule has 1 aromatic carbocycles. The highest BCUT2D eigenvalue weighted by Crippen LogP contribution is 2.24. The van der Waals surface area contributed by atoms with Crippen molar-refractivity contribution in [1.29, 1.82) is 0 Å². The van der Waals surface area contributed by atoms with Crippen LogP contribution < -0.4 is 4.72 Å². The topological polar surface area (TPSA) is 85.4 Å². The Morgan fingerprint density at radius 3 is 2.81 bits per heavy atom. The Morgan fingerprint density at radius 1 is 1.27 bits per heavy atom. The summed E-state index contributed by atoms with van der Waals surface area (Å²) in [6.07, 6.45) is 3.78. The fraction of sp³-hybridized carbons (Fsp3) is 0.333. The van der Waals surface area contributed by atoms with Crippen LogP contribution in [0.4, 0.5) is 0 Å². The first-order valence-corrected chi connectivity index (χ1v) is 10.3. The van der Waals surface area contributed by atoms with E-state index in [4.69, 9.17) is 16.3 Å². The summed E-state index contributed by atoms with van der Waals surface area (Å²) in [4.78, 5) is 16.7. The van der Waals surface area contributed by atoms with E-state index in [0.717, 1.165) is 12.8 Å². The summed E-state index contributed by atoms with van der Waals surface area (Å²) in [5, 5.41) is 0.172. The average Bonchev–Trinajstić information content (AvgIpc) is 2.62. The molecule has 0 aliphatic carbocycles. The van der Waals surface area contributed by atoms with E-state index >= 15 is 0 Å². The zero-order valence-electron chi connectivity index (χ0n) is 14.0. The molecule has 8 heteroatoms. The van der Waals surface area contributed by atoms with Crippen LogP contribution in [0.5, 0.6) is 0 Å². The number of nitrogens with one attached hydrogen (secondary N) is 1. The van der Waals surface area contributed by atoms with Crippen LogP contribution in [-0.4, -0.2) is 37.8 Å². The Balaban J connectivity index is 1.76. The Labute approximate surface area is 157 Å². The zero-order chi connectivity index (χ0) is 18.6. The number of ether oxygens (including phenoxy) is 1. The fourth-order valence-corrected chi connectivity index (χ4v) is 4.25. The summed E-state index contributed by atoms with van der Waals surface area (Å²) in [6.45, 7) is 0.548. The molecule has 0 radical (unpaired) electrons. The number of benzene rings is 1. The molecule has 1 atom stereocenters. The molecule has 2 aromatic rings. The first-order chi connectivity index (χ1) is 12.4. The van der Waals surface area contributed by atoms with E-state index in [1.807, 2.05) is 6.07 Å². The quantitative estimate of drug-likeness (QED) is 0.842. The van der Waals surface area contributed by atoms with E-state index in [-0.39, 0.29) is 22.4 Å². The van der Waals surface area contributed by atoms with Gasteiger partial charge in [-0.3, -0.25) is 9.78 Å². The molecule has 138 valence electrons. The summed E-state index contributed by atoms with van der Waals surface area (Å²) >= 11 is 6.10. The molecule has 1 aliphatic heterocycles. The molecule has 0 spiro atoms. The van der Waals surface area contributed by atoms with Crippen LogP contribution in [0.3, 0.4) is 0 Å². The molecule has 0 bridgehead atoms. The van der Waals surface area contributed by atoms with Crippen LogP contribution in [0, 0.1) is 0 Å². The van der Waals surface area contributed by atoms with Crippen LogP contribution in [0.1, 0.15) is 29.6 Å². The van der Waals surface area contributed by atoms with Gasteiger partial charge in [0.15, 0.2) is 0 Å². The molecule has 1 aliphatic rings. The highest BCUT2D eigenvalue weighted by molar-refractivity contribution is 7.90. The predicted octanol–water partition coefficient (Wildman–Crippen LogP) is 3.03. The van der Waals surface area contributed by atoms with Crippen molar-refractivity contribution in [2.75, 3.05) is 12.4 Å². The number of hydrogen-bond donors (Lipinski definition) is 1. The molecular formula is C18H19ClN2O4S. The van der Waals surface area contributed by atoms with Crippen molar-refractivity contribution in [1.82, 2.24) is 9.71 Å². The number of aromatic nitrogens is 1. The van der Waals surface area contributed by atoms with Gasteiger partial charge in [-0.05, 0) is 43.5 Å². The van der Waals surface area contributed by atoms with Gasteiger partial charge >= 0.3 is 0 Å². The Hall–Kier alpha value is -1.96. The maximum Gasteiger partial charge on any atom is 0.266 e. The van der Waals surface area contributed by atoms with Gasteiger partial charge in [0.25, 0.3) is 5.91 Å². The van der Waals surface area contributed by atoms with Gasteiger partial charge in [0.05, 0.1) is 28.1 Å². The van der Waals surface area contributed by atoms with Crippen molar-refractivity contribution in [2.45, 2.75) is 25.4 Å². The summed E-state index contributed by atoms with van der Waals surface area (Å²) in [5.41, 5.74) is 1.42. The third-order valence-corrected chi connectivity index (χ3v) is 5.74. The van der Waals surface area contributed by atoms with Crippen LogP contribution in [0.25, 0.3) is 11.3 Å². The number of amides is 1. The number of hydrogen-bond acceptors (Lipinski definition) is 5. The highest BCUT2D eigenvalue weighted by atomic mass is 35.5. The second-order valence-corrected chi connectivity index (χ2v) is 8.28. The van der Waals surface area contributed by atoms with E-state index in [1.165, 1.54) is 6.07 Å². The van der Waals surface area contributed by atoms with Gasteiger partial charge in [0, 0.05) is 18.4 Å². The van der Waals surface area contributed by atoms with Gasteiger partial charge in [0.1, 0.15) is 0 Å². The molecule has 1 amide bonds. The Kier molecular flexibility index (Phi) is 5.90. The van der Waals surface area contributed by atoms with Crippen molar-refractivity contribution in [3.63, 3.8) is 0 Å². The molecule has 1 aromatic heterocycles. The van der Waals surface area contributed by atoms with Crippen LogP contribution in [0.15, 0.2) is 42.6 Å². The molecule has 1 saturated heterocycles. The monoisotopic (exact) mass is 394 g/mol. The number of carbonyl (C=O) groups is 1. The molecule has 1 fully saturated rings. The molecule has 26 heavy (non-hydrogen) atoms. The van der Waals surface area contributed by atoms with Gasteiger partial charge in [-0.15, -0.1) is 0 Å². The Morgan fingerprint density at radius 2 is 2.12 bits per heavy atom. The first kappa shape index (κ1) is 18.8. The van der Waals surface area contributed by atoms with E-state index < -0.39 is 15.9 Å². The van der Waals surface area contributed by atoms with E-state index in [2.05, 4.69) is 9.71 Å². The minimum atomic E-state index is -3.82. The largest absolute Gasteiger partial charge is 0.377 e. The van der Waals surface area contributed by atoms with Crippen molar-refractivity contribution >= 4 is 27.5 Å². The minimum absolute atomic E-state index is 0.0861. The molecule has 2 heterocycles. The predicted molar refractivity (Wildman–Crippen MR) is 99.5 cm³/mol. The number of rotatable bonds is 5. The number of nitrogens with zero attached hydrogens (tertiary/aromatic N) is 1. The summed E-state index contributed by atoms with van der Waals surface area (Å²) in [5.74, 6) is -1.00. The molecule has 0 unspecified atom stereocenters. The number of pyridine rings is 1. The fourth-order valence-electron chi connectivity index (χ4n) is 2.81. The lowest BCUT2D eigenvalue weighted by molar-refractivity contribution is 0.0304. The summed E-state index contributed by atoms with van der Waals surface area (Å²) in [7, 11) is -3.82. The van der Waals surface area contributed by atoms with E-state index in [0.29, 0.717) is 24.3 Å². The third-order valence-electron chi connectivity index (χ3n) is 4.10. The van der Waals surface area contributed by atoms with Crippen molar-refractivity contribution in [3.05, 3.63) is 53.2 Å². The lowest BCUT2D eigenvalue weighted by atomic mass is 10.1. The average molecular weight is 395 g/mol. The first-order valence-electron chi connectivity index (χ1n) is 8.32. The lowest BCUT2D eigenvalue weighted by Gasteiger charge is -2.22. The SMILES string of the molecule is O=C(NS(=O)(=O)C[C@H]1CCCCO1)c1cc(-c2ccccn2)ccc1Cl. The van der Waals surface area contributed by atoms with Gasteiger partial charge in [-0.2, -0.15) is 0 Å². The third kappa shape index (κ3) is 4.81. The van der Waals surface area contributed by atoms with Gasteiger partial charge < -0.3 is 4.74 Å². The number of halogens is 1. The molecule has 0 saturated carbocycles. The second-order valence-electron chi connectivity index (χ2n) is 6.11. The number of carbonyl (C=O) groups excluding carboxylic acids is 1. The minimum Gasteiger partial charge on any atom is -0.377 e. The maximum absolute atomic E-state index is 12.5.